The van der Waals surface area contributed by atoms with Gasteiger partial charge in [-0.05, 0) is 50.6 Å². The molecule has 1 aromatic heterocycles. The van der Waals surface area contributed by atoms with Crippen LogP contribution in [0.5, 0.6) is 0 Å². The summed E-state index contributed by atoms with van der Waals surface area (Å²) in [6, 6.07) is 0.278. The molecule has 1 saturated carbocycles. The molecule has 0 aromatic carbocycles. The van der Waals surface area contributed by atoms with Gasteiger partial charge in [-0.3, -0.25) is 0 Å². The SMILES string of the molecule is CCN(CC)c1nc(Cl)nc(NC2CCOC2C2CC2)n1. The van der Waals surface area contributed by atoms with E-state index in [1.807, 2.05) is 0 Å². The monoisotopic (exact) mass is 311 g/mol. The van der Waals surface area contributed by atoms with Gasteiger partial charge in [0.25, 0.3) is 0 Å². The third kappa shape index (κ3) is 3.37. The first kappa shape index (κ1) is 14.8. The number of hydrogen-bond acceptors (Lipinski definition) is 6. The molecular formula is C14H22ClN5O. The molecule has 2 unspecified atom stereocenters. The van der Waals surface area contributed by atoms with Crippen molar-refractivity contribution in [2.24, 2.45) is 5.92 Å². The smallest absolute Gasteiger partial charge is 0.231 e. The van der Waals surface area contributed by atoms with Crippen molar-refractivity contribution in [3.63, 3.8) is 0 Å². The molecule has 1 aliphatic carbocycles. The quantitative estimate of drug-likeness (QED) is 0.870. The summed E-state index contributed by atoms with van der Waals surface area (Å²) in [5.41, 5.74) is 0. The molecule has 21 heavy (non-hydrogen) atoms. The molecule has 0 spiro atoms. The number of halogens is 1. The Bertz CT molecular complexity index is 492. The molecule has 1 N–H and O–H groups in total. The Morgan fingerprint density at radius 1 is 1.19 bits per heavy atom. The second-order valence-electron chi connectivity index (χ2n) is 5.61. The molecule has 6 nitrogen and oxygen atoms in total. The minimum absolute atomic E-state index is 0.233. The van der Waals surface area contributed by atoms with Gasteiger partial charge in [-0.2, -0.15) is 15.0 Å². The summed E-state index contributed by atoms with van der Waals surface area (Å²) < 4.78 is 5.83. The number of rotatable bonds is 6. The van der Waals surface area contributed by atoms with Crippen LogP contribution in [0.2, 0.25) is 5.28 Å². The van der Waals surface area contributed by atoms with Crippen LogP contribution in [0.25, 0.3) is 0 Å². The number of anilines is 2. The Morgan fingerprint density at radius 2 is 1.95 bits per heavy atom. The van der Waals surface area contributed by atoms with E-state index in [9.17, 15) is 0 Å². The molecule has 7 heteroatoms. The molecule has 3 rings (SSSR count). The molecule has 116 valence electrons. The van der Waals surface area contributed by atoms with Gasteiger partial charge in [0.15, 0.2) is 0 Å². The molecule has 2 atom stereocenters. The average Bonchev–Trinajstić information content (AvgIpc) is 3.20. The first-order valence-corrected chi connectivity index (χ1v) is 8.13. The van der Waals surface area contributed by atoms with Gasteiger partial charge in [0.1, 0.15) is 0 Å². The first-order chi connectivity index (χ1) is 10.2. The lowest BCUT2D eigenvalue weighted by Gasteiger charge is -2.22. The van der Waals surface area contributed by atoms with Gasteiger partial charge in [0, 0.05) is 19.7 Å². The lowest BCUT2D eigenvalue weighted by Crippen LogP contribution is -2.32. The molecule has 2 heterocycles. The van der Waals surface area contributed by atoms with E-state index < -0.39 is 0 Å². The Hall–Kier alpha value is -1.14. The lowest BCUT2D eigenvalue weighted by molar-refractivity contribution is 0.0897. The largest absolute Gasteiger partial charge is 0.376 e. The fourth-order valence-electron chi connectivity index (χ4n) is 2.87. The predicted molar refractivity (Wildman–Crippen MR) is 82.9 cm³/mol. The molecule has 1 saturated heterocycles. The molecule has 1 aliphatic heterocycles. The minimum Gasteiger partial charge on any atom is -0.376 e. The van der Waals surface area contributed by atoms with Crippen LogP contribution in [0.15, 0.2) is 0 Å². The van der Waals surface area contributed by atoms with Crippen molar-refractivity contribution in [3.05, 3.63) is 5.28 Å². The highest BCUT2D eigenvalue weighted by atomic mass is 35.5. The van der Waals surface area contributed by atoms with Crippen molar-refractivity contribution in [2.75, 3.05) is 29.9 Å². The fourth-order valence-corrected chi connectivity index (χ4v) is 3.03. The standard InChI is InChI=1S/C14H22ClN5O/c1-3-20(4-2)14-18-12(15)17-13(19-14)16-10-7-8-21-11(10)9-5-6-9/h9-11H,3-8H2,1-2H3,(H,16,17,18,19). The fraction of sp³-hybridized carbons (Fsp3) is 0.786. The predicted octanol–water partition coefficient (Wildman–Crippen LogP) is 2.35. The molecule has 1 aromatic rings. The molecular weight excluding hydrogens is 290 g/mol. The highest BCUT2D eigenvalue weighted by Crippen LogP contribution is 2.39. The van der Waals surface area contributed by atoms with Crippen LogP contribution in [0.3, 0.4) is 0 Å². The number of nitrogens with zero attached hydrogens (tertiary/aromatic N) is 4. The second kappa shape index (κ2) is 6.32. The van der Waals surface area contributed by atoms with Crippen LogP contribution in [0.1, 0.15) is 33.1 Å². The average molecular weight is 312 g/mol. The Morgan fingerprint density at radius 3 is 2.62 bits per heavy atom. The third-order valence-corrected chi connectivity index (χ3v) is 4.35. The molecule has 0 amide bonds. The molecule has 2 fully saturated rings. The zero-order chi connectivity index (χ0) is 14.8. The number of nitrogens with one attached hydrogen (secondary N) is 1. The van der Waals surface area contributed by atoms with Crippen LogP contribution < -0.4 is 10.2 Å². The number of aromatic nitrogens is 3. The van der Waals surface area contributed by atoms with Gasteiger partial charge >= 0.3 is 0 Å². The molecule has 2 aliphatic rings. The summed E-state index contributed by atoms with van der Waals surface area (Å²) in [6.45, 7) is 6.63. The minimum atomic E-state index is 0.233. The zero-order valence-corrected chi connectivity index (χ0v) is 13.3. The molecule has 0 radical (unpaired) electrons. The van der Waals surface area contributed by atoms with Crippen molar-refractivity contribution >= 4 is 23.5 Å². The highest BCUT2D eigenvalue weighted by molar-refractivity contribution is 6.28. The Labute approximate surface area is 130 Å². The van der Waals surface area contributed by atoms with Gasteiger partial charge in [-0.25, -0.2) is 0 Å². The van der Waals surface area contributed by atoms with E-state index in [0.717, 1.165) is 26.1 Å². The first-order valence-electron chi connectivity index (χ1n) is 7.76. The van der Waals surface area contributed by atoms with Gasteiger partial charge < -0.3 is 15.0 Å². The summed E-state index contributed by atoms with van der Waals surface area (Å²) in [7, 11) is 0. The highest BCUT2D eigenvalue weighted by Gasteiger charge is 2.40. The van der Waals surface area contributed by atoms with Crippen molar-refractivity contribution < 1.29 is 4.74 Å². The summed E-state index contributed by atoms with van der Waals surface area (Å²) >= 11 is 6.04. The van der Waals surface area contributed by atoms with E-state index in [2.05, 4.69) is 39.0 Å². The van der Waals surface area contributed by atoms with E-state index in [-0.39, 0.29) is 17.4 Å². The number of hydrogen-bond donors (Lipinski definition) is 1. The number of ether oxygens (including phenoxy) is 1. The Balaban J connectivity index is 1.75. The lowest BCUT2D eigenvalue weighted by atomic mass is 10.1. The van der Waals surface area contributed by atoms with E-state index in [1.54, 1.807) is 0 Å². The van der Waals surface area contributed by atoms with Crippen molar-refractivity contribution in [1.29, 1.82) is 0 Å². The van der Waals surface area contributed by atoms with Gasteiger partial charge in [-0.15, -0.1) is 0 Å². The summed E-state index contributed by atoms with van der Waals surface area (Å²) in [6.07, 6.45) is 3.82. The summed E-state index contributed by atoms with van der Waals surface area (Å²) in [5.74, 6) is 1.88. The van der Waals surface area contributed by atoms with Crippen molar-refractivity contribution in [3.8, 4) is 0 Å². The van der Waals surface area contributed by atoms with Crippen LogP contribution >= 0.6 is 11.6 Å². The molecule has 0 bridgehead atoms. The summed E-state index contributed by atoms with van der Waals surface area (Å²) in [5, 5.41) is 3.63. The van der Waals surface area contributed by atoms with E-state index in [4.69, 9.17) is 16.3 Å². The van der Waals surface area contributed by atoms with Crippen molar-refractivity contribution in [2.45, 2.75) is 45.3 Å². The normalized spacial score (nSPS) is 25.1. The zero-order valence-electron chi connectivity index (χ0n) is 12.5. The summed E-state index contributed by atoms with van der Waals surface area (Å²) in [4.78, 5) is 15.0. The maximum atomic E-state index is 6.04. The van der Waals surface area contributed by atoms with Crippen LogP contribution in [0, 0.1) is 5.92 Å². The van der Waals surface area contributed by atoms with E-state index in [0.29, 0.717) is 17.8 Å². The Kier molecular flexibility index (Phi) is 4.45. The van der Waals surface area contributed by atoms with Crippen LogP contribution in [-0.4, -0.2) is 46.8 Å². The van der Waals surface area contributed by atoms with E-state index >= 15 is 0 Å². The van der Waals surface area contributed by atoms with Crippen LogP contribution in [-0.2, 0) is 4.74 Å². The third-order valence-electron chi connectivity index (χ3n) is 4.18. The van der Waals surface area contributed by atoms with Gasteiger partial charge in [0.2, 0.25) is 17.2 Å². The maximum absolute atomic E-state index is 6.04. The van der Waals surface area contributed by atoms with Gasteiger partial charge in [0.05, 0.1) is 12.1 Å². The van der Waals surface area contributed by atoms with Crippen molar-refractivity contribution in [1.82, 2.24) is 15.0 Å². The van der Waals surface area contributed by atoms with Gasteiger partial charge in [-0.1, -0.05) is 0 Å². The van der Waals surface area contributed by atoms with E-state index in [1.165, 1.54) is 12.8 Å². The van der Waals surface area contributed by atoms with Crippen LogP contribution in [0.4, 0.5) is 11.9 Å². The maximum Gasteiger partial charge on any atom is 0.231 e. The topological polar surface area (TPSA) is 63.2 Å². The second-order valence-corrected chi connectivity index (χ2v) is 5.95.